The van der Waals surface area contributed by atoms with E-state index in [1.165, 1.54) is 0 Å². The Morgan fingerprint density at radius 1 is 1.43 bits per heavy atom. The predicted molar refractivity (Wildman–Crippen MR) is 79.4 cm³/mol. The van der Waals surface area contributed by atoms with E-state index in [9.17, 15) is 20.1 Å². The minimum atomic E-state index is -1.42. The van der Waals surface area contributed by atoms with E-state index >= 15 is 0 Å². The third-order valence-electron chi connectivity index (χ3n) is 6.44. The van der Waals surface area contributed by atoms with Gasteiger partial charge in [-0.05, 0) is 39.0 Å². The van der Waals surface area contributed by atoms with Gasteiger partial charge in [0.1, 0.15) is 17.5 Å². The molecule has 2 aliphatic carbocycles. The van der Waals surface area contributed by atoms with E-state index in [4.69, 9.17) is 9.47 Å². The normalized spacial score (nSPS) is 47.9. The molecule has 2 bridgehead atoms. The van der Waals surface area contributed by atoms with E-state index < -0.39 is 16.8 Å². The molecule has 0 spiro atoms. The molecule has 128 valence electrons. The Balaban J connectivity index is 1.72. The van der Waals surface area contributed by atoms with Crippen LogP contribution in [0.15, 0.2) is 11.3 Å². The SMILES string of the molecule is C[C@](O)(CO)[C@@H]1CC[C@@]2(C)OC3=C(C[C@@H]12)C(=O)[C@]1(O)CO[C@H]3C1. The summed E-state index contributed by atoms with van der Waals surface area (Å²) in [6.07, 6.45) is 1.89. The summed E-state index contributed by atoms with van der Waals surface area (Å²) in [5.74, 6) is 0.0840. The van der Waals surface area contributed by atoms with Crippen LogP contribution in [0, 0.1) is 11.8 Å². The molecule has 0 aromatic carbocycles. The summed E-state index contributed by atoms with van der Waals surface area (Å²) in [4.78, 5) is 12.7. The van der Waals surface area contributed by atoms with Crippen molar-refractivity contribution in [1.82, 2.24) is 0 Å². The van der Waals surface area contributed by atoms with Gasteiger partial charge in [-0.2, -0.15) is 0 Å². The van der Waals surface area contributed by atoms with Crippen molar-refractivity contribution in [2.24, 2.45) is 11.8 Å². The average Bonchev–Trinajstić information content (AvgIpc) is 3.03. The smallest absolute Gasteiger partial charge is 0.196 e. The van der Waals surface area contributed by atoms with E-state index in [1.807, 2.05) is 6.92 Å². The van der Waals surface area contributed by atoms with Crippen molar-refractivity contribution < 1.29 is 29.6 Å². The van der Waals surface area contributed by atoms with Gasteiger partial charge in [-0.1, -0.05) is 0 Å². The molecule has 0 amide bonds. The van der Waals surface area contributed by atoms with E-state index in [1.54, 1.807) is 6.92 Å². The van der Waals surface area contributed by atoms with Crippen molar-refractivity contribution in [1.29, 1.82) is 0 Å². The Bertz CT molecular complexity index is 596. The summed E-state index contributed by atoms with van der Waals surface area (Å²) < 4.78 is 11.8. The van der Waals surface area contributed by atoms with Crippen LogP contribution in [0.3, 0.4) is 0 Å². The number of hydrogen-bond acceptors (Lipinski definition) is 6. The Morgan fingerprint density at radius 3 is 2.87 bits per heavy atom. The first kappa shape index (κ1) is 15.6. The average molecular weight is 324 g/mol. The molecule has 2 heterocycles. The maximum Gasteiger partial charge on any atom is 0.196 e. The first-order valence-electron chi connectivity index (χ1n) is 8.34. The van der Waals surface area contributed by atoms with Crippen LogP contribution in [0.5, 0.6) is 0 Å². The largest absolute Gasteiger partial charge is 0.488 e. The van der Waals surface area contributed by atoms with Gasteiger partial charge in [-0.15, -0.1) is 0 Å². The van der Waals surface area contributed by atoms with Crippen LogP contribution in [0.2, 0.25) is 0 Å². The molecular formula is C17H24O6. The lowest BCUT2D eigenvalue weighted by Crippen LogP contribution is -2.51. The third kappa shape index (κ3) is 1.98. The number of aliphatic hydroxyl groups excluding tert-OH is 1. The van der Waals surface area contributed by atoms with Crippen LogP contribution in [-0.4, -0.2) is 57.2 Å². The zero-order valence-corrected chi connectivity index (χ0v) is 13.5. The predicted octanol–water partition coefficient (Wildman–Crippen LogP) is 0.292. The summed E-state index contributed by atoms with van der Waals surface area (Å²) in [5, 5.41) is 30.5. The zero-order valence-electron chi connectivity index (χ0n) is 13.5. The quantitative estimate of drug-likeness (QED) is 0.676. The molecule has 0 unspecified atom stereocenters. The molecule has 23 heavy (non-hydrogen) atoms. The van der Waals surface area contributed by atoms with E-state index in [0.29, 0.717) is 17.8 Å². The summed E-state index contributed by atoms with van der Waals surface area (Å²) in [5.41, 5.74) is -2.57. The van der Waals surface area contributed by atoms with Crippen molar-refractivity contribution in [3.05, 3.63) is 11.3 Å². The van der Waals surface area contributed by atoms with Gasteiger partial charge in [0.25, 0.3) is 0 Å². The lowest BCUT2D eigenvalue weighted by Gasteiger charge is -2.45. The fraction of sp³-hybridized carbons (Fsp3) is 0.824. The molecule has 0 radical (unpaired) electrons. The molecule has 4 aliphatic rings. The fourth-order valence-corrected chi connectivity index (χ4v) is 4.97. The minimum absolute atomic E-state index is 0.0199. The number of carbonyl (C=O) groups excluding carboxylic acids is 1. The Kier molecular flexibility index (Phi) is 3.09. The lowest BCUT2D eigenvalue weighted by atomic mass is 9.70. The molecule has 1 saturated carbocycles. The summed E-state index contributed by atoms with van der Waals surface area (Å²) in [7, 11) is 0. The van der Waals surface area contributed by atoms with Crippen molar-refractivity contribution in [2.45, 2.75) is 62.4 Å². The highest BCUT2D eigenvalue weighted by molar-refractivity contribution is 6.04. The van der Waals surface area contributed by atoms with E-state index in [-0.39, 0.29) is 43.4 Å². The maximum absolute atomic E-state index is 12.7. The van der Waals surface area contributed by atoms with Crippen LogP contribution in [0.4, 0.5) is 0 Å². The first-order valence-corrected chi connectivity index (χ1v) is 8.34. The van der Waals surface area contributed by atoms with Gasteiger partial charge in [0.05, 0.1) is 18.8 Å². The summed E-state index contributed by atoms with van der Waals surface area (Å²) >= 11 is 0. The topological polar surface area (TPSA) is 96.2 Å². The number of ketones is 1. The van der Waals surface area contributed by atoms with Gasteiger partial charge in [0.15, 0.2) is 11.4 Å². The fourth-order valence-electron chi connectivity index (χ4n) is 4.97. The second-order valence-corrected chi connectivity index (χ2v) is 8.09. The van der Waals surface area contributed by atoms with Crippen molar-refractivity contribution in [2.75, 3.05) is 13.2 Å². The van der Waals surface area contributed by atoms with Gasteiger partial charge >= 0.3 is 0 Å². The molecule has 4 rings (SSSR count). The molecular weight excluding hydrogens is 300 g/mol. The van der Waals surface area contributed by atoms with Gasteiger partial charge in [0, 0.05) is 17.9 Å². The van der Waals surface area contributed by atoms with Gasteiger partial charge in [-0.25, -0.2) is 0 Å². The zero-order chi connectivity index (χ0) is 16.6. The maximum atomic E-state index is 12.7. The Labute approximate surface area is 135 Å². The van der Waals surface area contributed by atoms with E-state index in [2.05, 4.69) is 0 Å². The third-order valence-corrected chi connectivity index (χ3v) is 6.44. The van der Waals surface area contributed by atoms with Crippen LogP contribution in [-0.2, 0) is 14.3 Å². The molecule has 6 nitrogen and oxygen atoms in total. The molecule has 0 aromatic rings. The monoisotopic (exact) mass is 324 g/mol. The Morgan fingerprint density at radius 2 is 2.17 bits per heavy atom. The standard InChI is InChI=1S/C17H24O6/c1-15(20,7-18)10-3-4-16(2)11(10)5-9-13(23-16)12-6-17(21,8-22-12)14(9)19/h10-12,18,20-21H,3-8H2,1-2H3/t10-,11+,12+,15+,16-,17-/m1/s1. The second-order valence-electron chi connectivity index (χ2n) is 8.09. The van der Waals surface area contributed by atoms with Crippen LogP contribution >= 0.6 is 0 Å². The molecule has 0 aromatic heterocycles. The highest BCUT2D eigenvalue weighted by Gasteiger charge is 2.61. The molecule has 6 heteroatoms. The van der Waals surface area contributed by atoms with Crippen molar-refractivity contribution in [3.63, 3.8) is 0 Å². The highest BCUT2D eigenvalue weighted by Crippen LogP contribution is 2.56. The lowest BCUT2D eigenvalue weighted by molar-refractivity contribution is -0.138. The molecule has 3 N–H and O–H groups in total. The first-order chi connectivity index (χ1) is 10.7. The van der Waals surface area contributed by atoms with Gasteiger partial charge in [-0.3, -0.25) is 4.79 Å². The van der Waals surface area contributed by atoms with Gasteiger partial charge < -0.3 is 24.8 Å². The minimum Gasteiger partial charge on any atom is -0.488 e. The van der Waals surface area contributed by atoms with Crippen LogP contribution in [0.1, 0.15) is 39.5 Å². The van der Waals surface area contributed by atoms with Gasteiger partial charge in [0.2, 0.25) is 0 Å². The summed E-state index contributed by atoms with van der Waals surface area (Å²) in [6, 6.07) is 0. The number of ether oxygens (including phenoxy) is 2. The van der Waals surface area contributed by atoms with Crippen LogP contribution < -0.4 is 0 Å². The summed E-state index contributed by atoms with van der Waals surface area (Å²) in [6.45, 7) is 3.34. The molecule has 2 fully saturated rings. The van der Waals surface area contributed by atoms with Crippen molar-refractivity contribution >= 4 is 5.78 Å². The van der Waals surface area contributed by atoms with Crippen LogP contribution in [0.25, 0.3) is 0 Å². The van der Waals surface area contributed by atoms with Crippen molar-refractivity contribution in [3.8, 4) is 0 Å². The Hall–Kier alpha value is -0.950. The van der Waals surface area contributed by atoms with E-state index in [0.717, 1.165) is 12.8 Å². The molecule has 1 saturated heterocycles. The number of hydrogen-bond donors (Lipinski definition) is 3. The molecule has 6 atom stereocenters. The number of rotatable bonds is 2. The number of aliphatic hydroxyl groups is 3. The molecule has 2 aliphatic heterocycles. The number of carbonyl (C=O) groups is 1. The second kappa shape index (κ2) is 4.57. The number of fused-ring (bicyclic) bond motifs is 4. The highest BCUT2D eigenvalue weighted by atomic mass is 16.6. The number of Topliss-reactive ketones (excluding diaryl/α,β-unsaturated/α-hetero) is 1.